The molecule has 0 aliphatic carbocycles. The molecule has 0 fully saturated rings. The highest BCUT2D eigenvalue weighted by Crippen LogP contribution is 2.21. The van der Waals surface area contributed by atoms with Crippen molar-refractivity contribution in [1.82, 2.24) is 10.3 Å². The summed E-state index contributed by atoms with van der Waals surface area (Å²) in [6.07, 6.45) is 0.665. The Kier molecular flexibility index (Phi) is 3.85. The Hall–Kier alpha value is -2.30. The van der Waals surface area contributed by atoms with Crippen molar-refractivity contribution < 1.29 is 14.3 Å². The first-order valence-corrected chi connectivity index (χ1v) is 6.06. The SMILES string of the molecule is COC(=O)C(=O)NCCc1c(C)[nH]c2ccccc12. The Morgan fingerprint density at radius 3 is 2.79 bits per heavy atom. The smallest absolute Gasteiger partial charge is 0.396 e. The number of nitrogens with one attached hydrogen (secondary N) is 2. The second-order valence-electron chi connectivity index (χ2n) is 4.27. The molecule has 1 aromatic carbocycles. The first-order chi connectivity index (χ1) is 9.13. The third-order valence-electron chi connectivity index (χ3n) is 3.06. The topological polar surface area (TPSA) is 71.2 Å². The first-order valence-electron chi connectivity index (χ1n) is 6.06. The van der Waals surface area contributed by atoms with Crippen LogP contribution in [-0.4, -0.2) is 30.5 Å². The van der Waals surface area contributed by atoms with E-state index in [2.05, 4.69) is 15.0 Å². The minimum atomic E-state index is -0.865. The lowest BCUT2D eigenvalue weighted by Gasteiger charge is -2.04. The van der Waals surface area contributed by atoms with Gasteiger partial charge in [-0.1, -0.05) is 18.2 Å². The van der Waals surface area contributed by atoms with Crippen LogP contribution < -0.4 is 5.32 Å². The van der Waals surface area contributed by atoms with Crippen LogP contribution in [-0.2, 0) is 20.7 Å². The van der Waals surface area contributed by atoms with Crippen LogP contribution in [0.4, 0.5) is 0 Å². The van der Waals surface area contributed by atoms with Crippen LogP contribution >= 0.6 is 0 Å². The van der Waals surface area contributed by atoms with Gasteiger partial charge in [-0.15, -0.1) is 0 Å². The number of rotatable bonds is 3. The van der Waals surface area contributed by atoms with Gasteiger partial charge in [0.05, 0.1) is 7.11 Å². The van der Waals surface area contributed by atoms with Gasteiger partial charge in [-0.3, -0.25) is 4.79 Å². The number of aromatic nitrogens is 1. The van der Waals surface area contributed by atoms with Gasteiger partial charge in [0.1, 0.15) is 0 Å². The summed E-state index contributed by atoms with van der Waals surface area (Å²) in [5.41, 5.74) is 3.31. The number of hydrogen-bond donors (Lipinski definition) is 2. The summed E-state index contributed by atoms with van der Waals surface area (Å²) in [7, 11) is 1.19. The lowest BCUT2D eigenvalue weighted by Crippen LogP contribution is -2.33. The van der Waals surface area contributed by atoms with Gasteiger partial charge < -0.3 is 15.0 Å². The first kappa shape index (κ1) is 13.1. The number of H-pyrrole nitrogens is 1. The number of fused-ring (bicyclic) bond motifs is 1. The number of aryl methyl sites for hydroxylation is 1. The normalized spacial score (nSPS) is 10.4. The van der Waals surface area contributed by atoms with E-state index >= 15 is 0 Å². The van der Waals surface area contributed by atoms with Gasteiger partial charge in [0.2, 0.25) is 0 Å². The van der Waals surface area contributed by atoms with Crippen LogP contribution in [0.3, 0.4) is 0 Å². The molecule has 1 amide bonds. The van der Waals surface area contributed by atoms with Crippen LogP contribution in [0, 0.1) is 6.92 Å². The number of carbonyl (C=O) groups excluding carboxylic acids is 2. The molecular weight excluding hydrogens is 244 g/mol. The van der Waals surface area contributed by atoms with Crippen molar-refractivity contribution in [2.24, 2.45) is 0 Å². The Morgan fingerprint density at radius 2 is 2.05 bits per heavy atom. The van der Waals surface area contributed by atoms with Gasteiger partial charge in [-0.2, -0.15) is 0 Å². The average molecular weight is 260 g/mol. The van der Waals surface area contributed by atoms with Crippen molar-refractivity contribution in [3.8, 4) is 0 Å². The molecule has 0 unspecified atom stereocenters. The monoisotopic (exact) mass is 260 g/mol. The van der Waals surface area contributed by atoms with Crippen molar-refractivity contribution >= 4 is 22.8 Å². The maximum atomic E-state index is 11.3. The van der Waals surface area contributed by atoms with E-state index in [0.717, 1.165) is 22.2 Å². The minimum Gasteiger partial charge on any atom is -0.462 e. The molecule has 1 heterocycles. The third-order valence-corrected chi connectivity index (χ3v) is 3.06. The average Bonchev–Trinajstić information content (AvgIpc) is 2.74. The third kappa shape index (κ3) is 2.76. The quantitative estimate of drug-likeness (QED) is 0.645. The Morgan fingerprint density at radius 1 is 1.32 bits per heavy atom. The van der Waals surface area contributed by atoms with Gasteiger partial charge in [0.25, 0.3) is 0 Å². The predicted octanol–water partition coefficient (Wildman–Crippen LogP) is 1.31. The lowest BCUT2D eigenvalue weighted by atomic mass is 10.1. The molecule has 0 atom stereocenters. The number of esters is 1. The van der Waals surface area contributed by atoms with Crippen LogP contribution in [0.1, 0.15) is 11.3 Å². The fourth-order valence-electron chi connectivity index (χ4n) is 2.12. The number of amides is 1. The molecule has 0 bridgehead atoms. The summed E-state index contributed by atoms with van der Waals surface area (Å²) in [6.45, 7) is 2.40. The molecule has 100 valence electrons. The van der Waals surface area contributed by atoms with E-state index in [0.29, 0.717) is 13.0 Å². The van der Waals surface area contributed by atoms with Crippen LogP contribution in [0.2, 0.25) is 0 Å². The Labute approximate surface area is 110 Å². The summed E-state index contributed by atoms with van der Waals surface area (Å²) in [6, 6.07) is 8.00. The van der Waals surface area contributed by atoms with Gasteiger partial charge >= 0.3 is 11.9 Å². The largest absolute Gasteiger partial charge is 0.462 e. The molecule has 5 heteroatoms. The molecule has 0 radical (unpaired) electrons. The van der Waals surface area contributed by atoms with Crippen LogP contribution in [0.5, 0.6) is 0 Å². The molecule has 2 N–H and O–H groups in total. The number of hydrogen-bond acceptors (Lipinski definition) is 3. The molecule has 2 rings (SSSR count). The molecule has 0 aliphatic rings. The van der Waals surface area contributed by atoms with E-state index in [1.807, 2.05) is 31.2 Å². The van der Waals surface area contributed by atoms with E-state index < -0.39 is 11.9 Å². The van der Waals surface area contributed by atoms with E-state index in [9.17, 15) is 9.59 Å². The number of para-hydroxylation sites is 1. The fourth-order valence-corrected chi connectivity index (χ4v) is 2.12. The zero-order chi connectivity index (χ0) is 13.8. The number of carbonyl (C=O) groups is 2. The lowest BCUT2D eigenvalue weighted by molar-refractivity contribution is -0.152. The second-order valence-corrected chi connectivity index (χ2v) is 4.27. The summed E-state index contributed by atoms with van der Waals surface area (Å²) < 4.78 is 4.34. The highest BCUT2D eigenvalue weighted by atomic mass is 16.5. The van der Waals surface area contributed by atoms with Gasteiger partial charge in [-0.05, 0) is 25.0 Å². The molecule has 0 aliphatic heterocycles. The number of benzene rings is 1. The number of ether oxygens (including phenoxy) is 1. The number of aromatic amines is 1. The maximum absolute atomic E-state index is 11.3. The zero-order valence-corrected chi connectivity index (χ0v) is 10.9. The molecule has 0 saturated carbocycles. The summed E-state index contributed by atoms with van der Waals surface area (Å²) in [5.74, 6) is -1.57. The van der Waals surface area contributed by atoms with Crippen LogP contribution in [0.15, 0.2) is 24.3 Å². The predicted molar refractivity (Wildman–Crippen MR) is 71.8 cm³/mol. The summed E-state index contributed by atoms with van der Waals surface area (Å²) >= 11 is 0. The molecule has 0 spiro atoms. The Bertz CT molecular complexity index is 616. The van der Waals surface area contributed by atoms with Crippen molar-refractivity contribution in [3.63, 3.8) is 0 Å². The van der Waals surface area contributed by atoms with E-state index in [4.69, 9.17) is 0 Å². The van der Waals surface area contributed by atoms with Crippen LogP contribution in [0.25, 0.3) is 10.9 Å². The maximum Gasteiger partial charge on any atom is 0.396 e. The second kappa shape index (κ2) is 5.56. The molecule has 2 aromatic rings. The van der Waals surface area contributed by atoms with E-state index in [1.165, 1.54) is 7.11 Å². The van der Waals surface area contributed by atoms with E-state index in [1.54, 1.807) is 0 Å². The minimum absolute atomic E-state index is 0.399. The van der Waals surface area contributed by atoms with Crippen molar-refractivity contribution in [3.05, 3.63) is 35.5 Å². The molecule has 5 nitrogen and oxygen atoms in total. The van der Waals surface area contributed by atoms with Crippen molar-refractivity contribution in [1.29, 1.82) is 0 Å². The van der Waals surface area contributed by atoms with E-state index in [-0.39, 0.29) is 0 Å². The molecular formula is C14H16N2O3. The Balaban J connectivity index is 2.04. The van der Waals surface area contributed by atoms with Crippen molar-refractivity contribution in [2.45, 2.75) is 13.3 Å². The van der Waals surface area contributed by atoms with Gasteiger partial charge in [0.15, 0.2) is 0 Å². The fraction of sp³-hybridized carbons (Fsp3) is 0.286. The standard InChI is InChI=1S/C14H16N2O3/c1-9-10(7-8-15-13(17)14(18)19-2)11-5-3-4-6-12(11)16-9/h3-6,16H,7-8H2,1-2H3,(H,15,17). The highest BCUT2D eigenvalue weighted by Gasteiger charge is 2.13. The zero-order valence-electron chi connectivity index (χ0n) is 10.9. The summed E-state index contributed by atoms with van der Waals surface area (Å²) in [4.78, 5) is 25.5. The highest BCUT2D eigenvalue weighted by molar-refractivity contribution is 6.32. The van der Waals surface area contributed by atoms with Crippen molar-refractivity contribution in [2.75, 3.05) is 13.7 Å². The number of methoxy groups -OCH3 is 1. The van der Waals surface area contributed by atoms with Gasteiger partial charge in [-0.25, -0.2) is 4.79 Å². The molecule has 1 aromatic heterocycles. The molecule has 19 heavy (non-hydrogen) atoms. The summed E-state index contributed by atoms with van der Waals surface area (Å²) in [5, 5.41) is 3.68. The van der Waals surface area contributed by atoms with Gasteiger partial charge in [0, 0.05) is 23.1 Å². The molecule has 0 saturated heterocycles.